The molecule has 4 rings (SSSR count). The number of halogens is 3. The highest BCUT2D eigenvalue weighted by Gasteiger charge is 2.38. The topological polar surface area (TPSA) is 101 Å². The number of hydrogen-bond donors (Lipinski definition) is 2. The van der Waals surface area contributed by atoms with Gasteiger partial charge in [-0.2, -0.15) is 13.2 Å². The molecule has 3 aromatic rings. The highest BCUT2D eigenvalue weighted by molar-refractivity contribution is 7.91. The largest absolute Gasteiger partial charge is 0.391 e. The maximum Gasteiger partial charge on any atom is 0.391 e. The van der Waals surface area contributed by atoms with Crippen LogP contribution in [0.2, 0.25) is 0 Å². The summed E-state index contributed by atoms with van der Waals surface area (Å²) in [6.45, 7) is 3.53. The van der Waals surface area contributed by atoms with E-state index in [-0.39, 0.29) is 54.8 Å². The molecule has 2 N–H and O–H groups in total. The van der Waals surface area contributed by atoms with Crippen LogP contribution >= 0.6 is 0 Å². The quantitative estimate of drug-likeness (QED) is 0.248. The molecule has 0 bridgehead atoms. The summed E-state index contributed by atoms with van der Waals surface area (Å²) < 4.78 is 65.7. The van der Waals surface area contributed by atoms with E-state index in [9.17, 15) is 31.5 Å². The van der Waals surface area contributed by atoms with Crippen molar-refractivity contribution in [3.63, 3.8) is 0 Å². The average Bonchev–Trinajstić information content (AvgIpc) is 3.69. The first-order chi connectivity index (χ1) is 18.9. The van der Waals surface area contributed by atoms with Crippen molar-refractivity contribution < 1.29 is 31.5 Å². The van der Waals surface area contributed by atoms with Gasteiger partial charge in [0, 0.05) is 18.2 Å². The van der Waals surface area contributed by atoms with Crippen molar-refractivity contribution in [2.75, 3.05) is 5.75 Å². The zero-order valence-electron chi connectivity index (χ0n) is 22.7. The van der Waals surface area contributed by atoms with Gasteiger partial charge in [0.25, 0.3) is 5.91 Å². The number of benzene rings is 2. The van der Waals surface area contributed by atoms with Crippen molar-refractivity contribution in [2.24, 2.45) is 5.92 Å². The van der Waals surface area contributed by atoms with Crippen LogP contribution in [0.15, 0.2) is 47.4 Å². The zero-order valence-corrected chi connectivity index (χ0v) is 23.6. The normalized spacial score (nSPS) is 15.8. The lowest BCUT2D eigenvalue weighted by atomic mass is 9.95. The number of fused-ring (bicyclic) bond motifs is 1. The maximum absolute atomic E-state index is 13.3. The Morgan fingerprint density at radius 2 is 1.80 bits per heavy atom. The Hall–Kier alpha value is -2.92. The number of nitrogens with zero attached hydrogens (tertiary/aromatic N) is 2. The number of aromatic nitrogens is 2. The summed E-state index contributed by atoms with van der Waals surface area (Å²) in [5.74, 6) is -1.26. The summed E-state index contributed by atoms with van der Waals surface area (Å²) in [4.78, 5) is 17.7. The van der Waals surface area contributed by atoms with Gasteiger partial charge in [-0.15, -0.1) is 0 Å². The SMILES string of the molecule is CCC[C@H](CCC[C@@H](O)c1nc2cc(C(=O)NCc3ccc(S(=O)(=O)CC)cc3)ccc2n1C1CC1)C(F)(F)F. The summed E-state index contributed by atoms with van der Waals surface area (Å²) in [5.41, 5.74) is 2.45. The van der Waals surface area contributed by atoms with Gasteiger partial charge in [0.1, 0.15) is 11.9 Å². The van der Waals surface area contributed by atoms with Gasteiger partial charge in [-0.05, 0) is 74.4 Å². The molecular formula is C29H36F3N3O4S. The van der Waals surface area contributed by atoms with Crippen LogP contribution in [-0.4, -0.2) is 40.9 Å². The third-order valence-corrected chi connectivity index (χ3v) is 9.19. The standard InChI is InChI=1S/C29H36F3N3O4S/c1-3-6-21(29(30,31)32)7-5-8-26(36)27-34-24-17-20(11-16-25(24)35(27)22-12-13-22)28(37)33-18-19-9-14-23(15-10-19)40(38,39)4-2/h9-11,14-17,21-22,26,36H,3-8,12-13,18H2,1-2H3,(H,33,37)/t21-,26-/m1/s1. The lowest BCUT2D eigenvalue weighted by molar-refractivity contribution is -0.178. The number of hydrogen-bond acceptors (Lipinski definition) is 5. The molecule has 11 heteroatoms. The van der Waals surface area contributed by atoms with E-state index in [1.165, 1.54) is 12.1 Å². The molecule has 1 aromatic heterocycles. The highest BCUT2D eigenvalue weighted by atomic mass is 32.2. The smallest absolute Gasteiger partial charge is 0.385 e. The number of sulfone groups is 1. The molecule has 40 heavy (non-hydrogen) atoms. The number of nitrogens with one attached hydrogen (secondary N) is 1. The number of carbonyl (C=O) groups excluding carboxylic acids is 1. The number of amides is 1. The third kappa shape index (κ3) is 7.04. The van der Waals surface area contributed by atoms with Crippen molar-refractivity contribution in [2.45, 2.75) is 88.6 Å². The van der Waals surface area contributed by atoms with E-state index in [2.05, 4.69) is 10.3 Å². The van der Waals surface area contributed by atoms with Crippen molar-refractivity contribution >= 4 is 26.8 Å². The van der Waals surface area contributed by atoms with E-state index >= 15 is 0 Å². The van der Waals surface area contributed by atoms with E-state index in [0.29, 0.717) is 23.3 Å². The molecule has 0 saturated heterocycles. The van der Waals surface area contributed by atoms with E-state index in [0.717, 1.165) is 23.9 Å². The molecule has 7 nitrogen and oxygen atoms in total. The fourth-order valence-corrected chi connectivity index (χ4v) is 5.87. The van der Waals surface area contributed by atoms with Crippen LogP contribution in [0.5, 0.6) is 0 Å². The molecular weight excluding hydrogens is 543 g/mol. The van der Waals surface area contributed by atoms with Gasteiger partial charge in [0.2, 0.25) is 0 Å². The van der Waals surface area contributed by atoms with Gasteiger partial charge < -0.3 is 15.0 Å². The first-order valence-corrected chi connectivity index (χ1v) is 15.5. The van der Waals surface area contributed by atoms with E-state index in [1.807, 2.05) is 4.57 Å². The molecule has 1 aliphatic carbocycles. The number of aliphatic hydroxyl groups excluding tert-OH is 1. The Morgan fingerprint density at radius 3 is 2.40 bits per heavy atom. The summed E-state index contributed by atoms with van der Waals surface area (Å²) >= 11 is 0. The summed E-state index contributed by atoms with van der Waals surface area (Å²) in [6.07, 6.45) is -2.46. The second-order valence-corrected chi connectivity index (χ2v) is 12.8. The second-order valence-electron chi connectivity index (χ2n) is 10.5. The first-order valence-electron chi connectivity index (χ1n) is 13.8. The van der Waals surface area contributed by atoms with Crippen LogP contribution in [0.4, 0.5) is 13.2 Å². The molecule has 1 amide bonds. The van der Waals surface area contributed by atoms with Gasteiger partial charge in [0.05, 0.1) is 27.6 Å². The fraction of sp³-hybridized carbons (Fsp3) is 0.517. The predicted molar refractivity (Wildman–Crippen MR) is 147 cm³/mol. The Labute approximate surface area is 232 Å². The number of alkyl halides is 3. The van der Waals surface area contributed by atoms with E-state index in [4.69, 9.17) is 0 Å². The highest BCUT2D eigenvalue weighted by Crippen LogP contribution is 2.41. The molecule has 0 unspecified atom stereocenters. The number of imidazole rings is 1. The molecule has 218 valence electrons. The minimum absolute atomic E-state index is 0.0122. The Bertz CT molecular complexity index is 1430. The van der Waals surface area contributed by atoms with Crippen LogP contribution in [0.3, 0.4) is 0 Å². The van der Waals surface area contributed by atoms with Gasteiger partial charge >= 0.3 is 6.18 Å². The monoisotopic (exact) mass is 579 g/mol. The van der Waals surface area contributed by atoms with E-state index < -0.39 is 28.0 Å². The molecule has 0 radical (unpaired) electrons. The molecule has 0 aliphatic heterocycles. The molecule has 1 aliphatic rings. The van der Waals surface area contributed by atoms with Crippen molar-refractivity contribution in [1.29, 1.82) is 0 Å². The Morgan fingerprint density at radius 1 is 1.10 bits per heavy atom. The van der Waals surface area contributed by atoms with Crippen molar-refractivity contribution in [1.82, 2.24) is 14.9 Å². The molecule has 1 heterocycles. The lowest BCUT2D eigenvalue weighted by Gasteiger charge is -2.20. The number of rotatable bonds is 13. The third-order valence-electron chi connectivity index (χ3n) is 7.43. The predicted octanol–water partition coefficient (Wildman–Crippen LogP) is 6.28. The summed E-state index contributed by atoms with van der Waals surface area (Å²) in [5, 5.41) is 13.7. The molecule has 1 saturated carbocycles. The lowest BCUT2D eigenvalue weighted by Crippen LogP contribution is -2.23. The first kappa shape index (κ1) is 30.0. The summed E-state index contributed by atoms with van der Waals surface area (Å²) in [7, 11) is -3.30. The number of aliphatic hydroxyl groups is 1. The van der Waals surface area contributed by atoms with Crippen LogP contribution < -0.4 is 5.32 Å². The fourth-order valence-electron chi connectivity index (χ4n) is 4.98. The van der Waals surface area contributed by atoms with Crippen molar-refractivity contribution in [3.8, 4) is 0 Å². The maximum atomic E-state index is 13.3. The van der Waals surface area contributed by atoms with Gasteiger partial charge in [0.15, 0.2) is 9.84 Å². The molecule has 2 aromatic carbocycles. The van der Waals surface area contributed by atoms with Gasteiger partial charge in [-0.1, -0.05) is 32.4 Å². The van der Waals surface area contributed by atoms with Crippen LogP contribution in [0.25, 0.3) is 11.0 Å². The van der Waals surface area contributed by atoms with Crippen LogP contribution in [0, 0.1) is 5.92 Å². The van der Waals surface area contributed by atoms with Crippen LogP contribution in [0.1, 0.15) is 92.7 Å². The van der Waals surface area contributed by atoms with Gasteiger partial charge in [-0.3, -0.25) is 4.79 Å². The zero-order chi connectivity index (χ0) is 29.1. The minimum atomic E-state index is -4.24. The average molecular weight is 580 g/mol. The molecule has 0 spiro atoms. The van der Waals surface area contributed by atoms with Gasteiger partial charge in [-0.25, -0.2) is 13.4 Å². The van der Waals surface area contributed by atoms with Crippen LogP contribution in [-0.2, 0) is 16.4 Å². The summed E-state index contributed by atoms with van der Waals surface area (Å²) in [6, 6.07) is 11.7. The van der Waals surface area contributed by atoms with Crippen molar-refractivity contribution in [3.05, 3.63) is 59.4 Å². The second kappa shape index (κ2) is 12.3. The Balaban J connectivity index is 1.44. The molecule has 2 atom stereocenters. The Kier molecular flexibility index (Phi) is 9.24. The van der Waals surface area contributed by atoms with E-state index in [1.54, 1.807) is 44.2 Å². The minimum Gasteiger partial charge on any atom is -0.385 e. The molecule has 1 fully saturated rings. The number of carbonyl (C=O) groups is 1.